The zero-order valence-electron chi connectivity index (χ0n) is 12.9. The Labute approximate surface area is 132 Å². The van der Waals surface area contributed by atoms with Gasteiger partial charge >= 0.3 is 5.82 Å². The highest BCUT2D eigenvalue weighted by atomic mass is 16.6. The molecule has 0 saturated carbocycles. The number of rotatable bonds is 4. The molecule has 2 aromatic heterocycles. The average molecular weight is 318 g/mol. The van der Waals surface area contributed by atoms with Crippen molar-refractivity contribution in [2.24, 2.45) is 0 Å². The Morgan fingerprint density at radius 1 is 1.35 bits per heavy atom. The molecule has 9 nitrogen and oxygen atoms in total. The first-order valence-corrected chi connectivity index (χ1v) is 7.62. The maximum absolute atomic E-state index is 12.3. The lowest BCUT2D eigenvalue weighted by Gasteiger charge is -2.21. The number of nitrogens with zero attached hydrogens (tertiary/aromatic N) is 6. The molecule has 9 heteroatoms. The van der Waals surface area contributed by atoms with Crippen LogP contribution in [0.3, 0.4) is 0 Å². The predicted octanol–water partition coefficient (Wildman–Crippen LogP) is 1.09. The summed E-state index contributed by atoms with van der Waals surface area (Å²) in [5, 5.41) is 15.3. The average Bonchev–Trinajstić information content (AvgIpc) is 2.87. The summed E-state index contributed by atoms with van der Waals surface area (Å²) in [5.74, 6) is 0.423. The molecule has 1 aliphatic heterocycles. The van der Waals surface area contributed by atoms with Gasteiger partial charge in [0.15, 0.2) is 5.82 Å². The minimum Gasteiger partial charge on any atom is -0.358 e. The first-order valence-electron chi connectivity index (χ1n) is 7.62. The molecule has 0 N–H and O–H groups in total. The van der Waals surface area contributed by atoms with Crippen LogP contribution in [0, 0.1) is 10.1 Å². The van der Waals surface area contributed by atoms with Crippen molar-refractivity contribution in [2.75, 3.05) is 31.1 Å². The van der Waals surface area contributed by atoms with E-state index in [2.05, 4.69) is 10.1 Å². The highest BCUT2D eigenvalue weighted by Gasteiger charge is 2.24. The summed E-state index contributed by atoms with van der Waals surface area (Å²) in [5.41, 5.74) is 0.411. The van der Waals surface area contributed by atoms with Crippen LogP contribution in [0.4, 0.5) is 11.6 Å². The molecule has 1 aliphatic rings. The van der Waals surface area contributed by atoms with Crippen molar-refractivity contribution in [1.82, 2.24) is 19.5 Å². The monoisotopic (exact) mass is 318 g/mol. The van der Waals surface area contributed by atoms with Gasteiger partial charge in [-0.1, -0.05) is 16.5 Å². The van der Waals surface area contributed by atoms with Crippen molar-refractivity contribution in [3.63, 3.8) is 0 Å². The number of carbonyl (C=O) groups excluding carboxylic acids is 1. The number of amides is 1. The fourth-order valence-electron chi connectivity index (χ4n) is 2.77. The zero-order chi connectivity index (χ0) is 16.4. The van der Waals surface area contributed by atoms with Crippen molar-refractivity contribution in [3.8, 4) is 0 Å². The van der Waals surface area contributed by atoms with Gasteiger partial charge in [-0.25, -0.2) is 4.98 Å². The molecular formula is C14H18N6O3. The van der Waals surface area contributed by atoms with Gasteiger partial charge in [-0.3, -0.25) is 4.79 Å². The lowest BCUT2D eigenvalue weighted by atomic mass is 10.3. The SMILES string of the molecule is CCCN1CCCN(c2ccc3ncc([N+](=O)[O-])n3n2)CC1=O. The molecule has 0 aromatic carbocycles. The number of anilines is 1. The number of fused-ring (bicyclic) bond motifs is 1. The van der Waals surface area contributed by atoms with E-state index in [9.17, 15) is 14.9 Å². The van der Waals surface area contributed by atoms with Gasteiger partial charge in [0.1, 0.15) is 6.20 Å². The zero-order valence-corrected chi connectivity index (χ0v) is 12.9. The van der Waals surface area contributed by atoms with Gasteiger partial charge < -0.3 is 19.9 Å². The molecule has 3 heterocycles. The number of carbonyl (C=O) groups is 1. The molecule has 0 bridgehead atoms. The second kappa shape index (κ2) is 6.19. The van der Waals surface area contributed by atoms with Crippen LogP contribution in [0.25, 0.3) is 5.65 Å². The van der Waals surface area contributed by atoms with Gasteiger partial charge in [0, 0.05) is 25.7 Å². The second-order valence-electron chi connectivity index (χ2n) is 5.49. The quantitative estimate of drug-likeness (QED) is 0.618. The highest BCUT2D eigenvalue weighted by molar-refractivity contribution is 5.81. The summed E-state index contributed by atoms with van der Waals surface area (Å²) >= 11 is 0. The molecule has 122 valence electrons. The Bertz CT molecular complexity index is 743. The Balaban J connectivity index is 1.89. The van der Waals surface area contributed by atoms with Gasteiger partial charge in [-0.2, -0.15) is 0 Å². The smallest absolute Gasteiger partial charge is 0.358 e. The van der Waals surface area contributed by atoms with Gasteiger partial charge in [0.2, 0.25) is 11.6 Å². The van der Waals surface area contributed by atoms with Crippen LogP contribution in [0.1, 0.15) is 19.8 Å². The maximum atomic E-state index is 12.3. The maximum Gasteiger partial charge on any atom is 0.368 e. The van der Waals surface area contributed by atoms with Crippen molar-refractivity contribution in [1.29, 1.82) is 0 Å². The summed E-state index contributed by atoms with van der Waals surface area (Å²) < 4.78 is 1.20. The summed E-state index contributed by atoms with van der Waals surface area (Å²) in [7, 11) is 0. The van der Waals surface area contributed by atoms with Crippen LogP contribution in [0.2, 0.25) is 0 Å². The van der Waals surface area contributed by atoms with Crippen molar-refractivity contribution in [2.45, 2.75) is 19.8 Å². The molecule has 2 aromatic rings. The third-order valence-electron chi connectivity index (χ3n) is 3.87. The number of nitro groups is 1. The van der Waals surface area contributed by atoms with Gasteiger partial charge in [0.05, 0.1) is 6.54 Å². The van der Waals surface area contributed by atoms with Crippen LogP contribution in [0.5, 0.6) is 0 Å². The summed E-state index contributed by atoms with van der Waals surface area (Å²) in [6.07, 6.45) is 2.96. The Hall–Kier alpha value is -2.71. The normalized spacial score (nSPS) is 16.0. The third-order valence-corrected chi connectivity index (χ3v) is 3.87. The largest absolute Gasteiger partial charge is 0.368 e. The number of aromatic nitrogens is 3. The van der Waals surface area contributed by atoms with Crippen molar-refractivity contribution < 1.29 is 9.72 Å². The first-order chi connectivity index (χ1) is 11.1. The van der Waals surface area contributed by atoms with E-state index in [4.69, 9.17) is 0 Å². The molecule has 3 rings (SSSR count). The summed E-state index contributed by atoms with van der Waals surface area (Å²) in [6.45, 7) is 4.46. The molecule has 1 fully saturated rings. The molecule has 0 unspecified atom stereocenters. The minimum atomic E-state index is -0.520. The van der Waals surface area contributed by atoms with Gasteiger partial charge in [0.25, 0.3) is 0 Å². The molecule has 0 radical (unpaired) electrons. The van der Waals surface area contributed by atoms with Gasteiger partial charge in [-0.15, -0.1) is 0 Å². The number of hydrogen-bond acceptors (Lipinski definition) is 6. The summed E-state index contributed by atoms with van der Waals surface area (Å²) in [6, 6.07) is 3.42. The molecule has 23 heavy (non-hydrogen) atoms. The van der Waals surface area contributed by atoms with E-state index in [1.165, 1.54) is 10.7 Å². The molecule has 1 saturated heterocycles. The molecule has 1 amide bonds. The Morgan fingerprint density at radius 2 is 2.17 bits per heavy atom. The van der Waals surface area contributed by atoms with Crippen molar-refractivity contribution >= 4 is 23.2 Å². The van der Waals surface area contributed by atoms with Crippen LogP contribution in [-0.4, -0.2) is 56.5 Å². The Kier molecular flexibility index (Phi) is 4.09. The van der Waals surface area contributed by atoms with Crippen molar-refractivity contribution in [3.05, 3.63) is 28.4 Å². The fraction of sp³-hybridized carbons (Fsp3) is 0.500. The molecule has 0 spiro atoms. The standard InChI is InChI=1S/C14H18N6O3/c1-2-6-17-7-3-8-18(10-14(17)21)12-5-4-11-15-9-13(20(22)23)19(11)16-12/h4-5,9H,2-3,6-8,10H2,1H3. The molecule has 0 atom stereocenters. The number of imidazole rings is 1. The van der Waals surface area contributed by atoms with Crippen LogP contribution in [-0.2, 0) is 4.79 Å². The number of hydrogen-bond donors (Lipinski definition) is 0. The van der Waals surface area contributed by atoms with E-state index >= 15 is 0 Å². The van der Waals surface area contributed by atoms with E-state index in [-0.39, 0.29) is 18.3 Å². The first kappa shape index (κ1) is 15.2. The minimum absolute atomic E-state index is 0.0615. The Morgan fingerprint density at radius 3 is 2.91 bits per heavy atom. The summed E-state index contributed by atoms with van der Waals surface area (Å²) in [4.78, 5) is 30.5. The highest BCUT2D eigenvalue weighted by Crippen LogP contribution is 2.18. The predicted molar refractivity (Wildman–Crippen MR) is 83.3 cm³/mol. The van der Waals surface area contributed by atoms with Crippen LogP contribution >= 0.6 is 0 Å². The third kappa shape index (κ3) is 2.94. The van der Waals surface area contributed by atoms with Crippen LogP contribution in [0.15, 0.2) is 18.3 Å². The van der Waals surface area contributed by atoms with E-state index in [0.717, 1.165) is 25.9 Å². The topological polar surface area (TPSA) is 96.9 Å². The lowest BCUT2D eigenvalue weighted by Crippen LogP contribution is -2.37. The second-order valence-corrected chi connectivity index (χ2v) is 5.49. The lowest BCUT2D eigenvalue weighted by molar-refractivity contribution is -0.391. The van der Waals surface area contributed by atoms with E-state index < -0.39 is 4.92 Å². The van der Waals surface area contributed by atoms with E-state index in [1.54, 1.807) is 12.1 Å². The van der Waals surface area contributed by atoms with Gasteiger partial charge in [-0.05, 0) is 23.8 Å². The van der Waals surface area contributed by atoms with Crippen LogP contribution < -0.4 is 4.90 Å². The molecular weight excluding hydrogens is 300 g/mol. The van der Waals surface area contributed by atoms with E-state index in [1.807, 2.05) is 16.7 Å². The molecule has 0 aliphatic carbocycles. The fourth-order valence-corrected chi connectivity index (χ4v) is 2.77. The van der Waals surface area contributed by atoms with E-state index in [0.29, 0.717) is 18.0 Å².